The summed E-state index contributed by atoms with van der Waals surface area (Å²) < 4.78 is 5.19. The first kappa shape index (κ1) is 13.8. The van der Waals surface area contributed by atoms with Gasteiger partial charge >= 0.3 is 5.97 Å². The largest absolute Gasteiger partial charge is 0.427 e. The quantitative estimate of drug-likeness (QED) is 0.567. The van der Waals surface area contributed by atoms with Crippen molar-refractivity contribution in [2.45, 2.75) is 52.9 Å². The van der Waals surface area contributed by atoms with Crippen LogP contribution in [0.15, 0.2) is 18.2 Å². The van der Waals surface area contributed by atoms with Crippen LogP contribution in [0, 0.1) is 0 Å². The summed E-state index contributed by atoms with van der Waals surface area (Å²) in [7, 11) is 0. The molecular formula is C15H22O2. The Morgan fingerprint density at radius 2 is 2.00 bits per heavy atom. The highest BCUT2D eigenvalue weighted by Crippen LogP contribution is 2.24. The Bertz CT molecular complexity index is 381. The summed E-state index contributed by atoms with van der Waals surface area (Å²) in [6, 6.07) is 6.15. The summed E-state index contributed by atoms with van der Waals surface area (Å²) in [6.45, 7) is 7.92. The molecule has 0 unspecified atom stereocenters. The number of ether oxygens (including phenoxy) is 1. The van der Waals surface area contributed by atoms with Crippen LogP contribution in [-0.2, 0) is 11.2 Å². The smallest absolute Gasteiger partial charge is 0.308 e. The Morgan fingerprint density at radius 1 is 1.29 bits per heavy atom. The molecule has 0 aliphatic heterocycles. The highest BCUT2D eigenvalue weighted by Gasteiger charge is 2.06. The minimum absolute atomic E-state index is 0.257. The molecule has 0 heterocycles. The number of hydrogen-bond donors (Lipinski definition) is 0. The van der Waals surface area contributed by atoms with Gasteiger partial charge in [-0.1, -0.05) is 33.3 Å². The SMILES string of the molecule is CCCCc1cc(OC(C)=O)cc(C(C)C)c1. The third kappa shape index (κ3) is 4.59. The highest BCUT2D eigenvalue weighted by molar-refractivity contribution is 5.69. The molecule has 0 amide bonds. The molecule has 1 aromatic rings. The van der Waals surface area contributed by atoms with Gasteiger partial charge in [0.1, 0.15) is 5.75 Å². The fraction of sp³-hybridized carbons (Fsp3) is 0.533. The Morgan fingerprint density at radius 3 is 2.53 bits per heavy atom. The average Bonchev–Trinajstić information content (AvgIpc) is 2.25. The lowest BCUT2D eigenvalue weighted by atomic mass is 9.98. The second kappa shape index (κ2) is 6.43. The van der Waals surface area contributed by atoms with E-state index in [1.54, 1.807) is 0 Å². The van der Waals surface area contributed by atoms with E-state index in [0.29, 0.717) is 11.7 Å². The molecule has 2 nitrogen and oxygen atoms in total. The number of esters is 1. The molecule has 0 spiro atoms. The molecule has 17 heavy (non-hydrogen) atoms. The second-order valence-electron chi connectivity index (χ2n) is 4.76. The Hall–Kier alpha value is -1.31. The number of carbonyl (C=O) groups excluding carboxylic acids is 1. The van der Waals surface area contributed by atoms with E-state index in [1.165, 1.54) is 30.9 Å². The predicted octanol–water partition coefficient (Wildman–Crippen LogP) is 4.08. The molecule has 0 aliphatic rings. The minimum Gasteiger partial charge on any atom is -0.427 e. The van der Waals surface area contributed by atoms with Gasteiger partial charge in [0.2, 0.25) is 0 Å². The third-order valence-electron chi connectivity index (χ3n) is 2.74. The number of unbranched alkanes of at least 4 members (excludes halogenated alkanes) is 1. The van der Waals surface area contributed by atoms with Gasteiger partial charge in [-0.15, -0.1) is 0 Å². The molecule has 0 fully saturated rings. The molecule has 0 saturated carbocycles. The second-order valence-corrected chi connectivity index (χ2v) is 4.76. The number of aryl methyl sites for hydroxylation is 1. The summed E-state index contributed by atoms with van der Waals surface area (Å²) in [6.07, 6.45) is 3.39. The van der Waals surface area contributed by atoms with Gasteiger partial charge in [-0.2, -0.15) is 0 Å². The van der Waals surface area contributed by atoms with Crippen molar-refractivity contribution in [1.82, 2.24) is 0 Å². The molecule has 0 aromatic heterocycles. The van der Waals surface area contributed by atoms with Gasteiger partial charge in [-0.25, -0.2) is 0 Å². The normalized spacial score (nSPS) is 10.6. The van der Waals surface area contributed by atoms with Crippen molar-refractivity contribution < 1.29 is 9.53 Å². The Balaban J connectivity index is 2.96. The van der Waals surface area contributed by atoms with Crippen molar-refractivity contribution in [3.63, 3.8) is 0 Å². The minimum atomic E-state index is -0.257. The van der Waals surface area contributed by atoms with Crippen LogP contribution in [0.1, 0.15) is 57.6 Å². The van der Waals surface area contributed by atoms with Crippen LogP contribution in [-0.4, -0.2) is 5.97 Å². The summed E-state index contributed by atoms with van der Waals surface area (Å²) in [4.78, 5) is 11.0. The molecule has 1 rings (SSSR count). The van der Waals surface area contributed by atoms with Gasteiger partial charge in [0.15, 0.2) is 0 Å². The molecule has 0 saturated heterocycles. The first-order valence-corrected chi connectivity index (χ1v) is 6.35. The van der Waals surface area contributed by atoms with E-state index in [1.807, 2.05) is 12.1 Å². The average molecular weight is 234 g/mol. The van der Waals surface area contributed by atoms with Crippen molar-refractivity contribution >= 4 is 5.97 Å². The summed E-state index contributed by atoms with van der Waals surface area (Å²) in [5, 5.41) is 0. The van der Waals surface area contributed by atoms with Crippen LogP contribution in [0.4, 0.5) is 0 Å². The van der Waals surface area contributed by atoms with Crippen molar-refractivity contribution in [2.24, 2.45) is 0 Å². The van der Waals surface area contributed by atoms with Crippen molar-refractivity contribution in [1.29, 1.82) is 0 Å². The van der Waals surface area contributed by atoms with Gasteiger partial charge in [0.25, 0.3) is 0 Å². The Labute approximate surface area is 104 Å². The van der Waals surface area contributed by atoms with Gasteiger partial charge in [0.05, 0.1) is 0 Å². The standard InChI is InChI=1S/C15H22O2/c1-5-6-7-13-8-14(11(2)3)10-15(9-13)17-12(4)16/h8-11H,5-7H2,1-4H3. The number of carbonyl (C=O) groups is 1. The van der Waals surface area contributed by atoms with Crippen molar-refractivity contribution in [3.05, 3.63) is 29.3 Å². The molecule has 0 bridgehead atoms. The third-order valence-corrected chi connectivity index (χ3v) is 2.74. The van der Waals surface area contributed by atoms with Crippen molar-refractivity contribution in [2.75, 3.05) is 0 Å². The van der Waals surface area contributed by atoms with Gasteiger partial charge in [-0.05, 0) is 42.0 Å². The van der Waals surface area contributed by atoms with Gasteiger partial charge < -0.3 is 4.74 Å². The van der Waals surface area contributed by atoms with E-state index >= 15 is 0 Å². The van der Waals surface area contributed by atoms with Crippen LogP contribution in [0.25, 0.3) is 0 Å². The molecular weight excluding hydrogens is 212 g/mol. The zero-order valence-electron chi connectivity index (χ0n) is 11.2. The fourth-order valence-electron chi connectivity index (χ4n) is 1.77. The lowest BCUT2D eigenvalue weighted by molar-refractivity contribution is -0.131. The molecule has 2 heteroatoms. The lowest BCUT2D eigenvalue weighted by Crippen LogP contribution is -2.03. The molecule has 0 aliphatic carbocycles. The van der Waals surface area contributed by atoms with E-state index < -0.39 is 0 Å². The molecule has 0 N–H and O–H groups in total. The number of rotatable bonds is 5. The van der Waals surface area contributed by atoms with Crippen LogP contribution in [0.2, 0.25) is 0 Å². The molecule has 1 aromatic carbocycles. The predicted molar refractivity (Wildman–Crippen MR) is 70.5 cm³/mol. The van der Waals surface area contributed by atoms with Crippen LogP contribution < -0.4 is 4.74 Å². The van der Waals surface area contributed by atoms with Crippen LogP contribution in [0.3, 0.4) is 0 Å². The van der Waals surface area contributed by atoms with E-state index in [9.17, 15) is 4.79 Å². The topological polar surface area (TPSA) is 26.3 Å². The first-order valence-electron chi connectivity index (χ1n) is 6.35. The summed E-state index contributed by atoms with van der Waals surface area (Å²) in [5.41, 5.74) is 2.49. The number of benzene rings is 1. The van der Waals surface area contributed by atoms with E-state index in [4.69, 9.17) is 4.74 Å². The molecule has 0 radical (unpaired) electrons. The fourth-order valence-corrected chi connectivity index (χ4v) is 1.77. The maximum atomic E-state index is 11.0. The maximum Gasteiger partial charge on any atom is 0.308 e. The summed E-state index contributed by atoms with van der Waals surface area (Å²) >= 11 is 0. The van der Waals surface area contributed by atoms with Crippen molar-refractivity contribution in [3.8, 4) is 5.75 Å². The van der Waals surface area contributed by atoms with Gasteiger partial charge in [-0.3, -0.25) is 4.79 Å². The van der Waals surface area contributed by atoms with E-state index in [-0.39, 0.29) is 5.97 Å². The maximum absolute atomic E-state index is 11.0. The van der Waals surface area contributed by atoms with E-state index in [0.717, 1.165) is 6.42 Å². The van der Waals surface area contributed by atoms with Crippen LogP contribution in [0.5, 0.6) is 5.75 Å². The molecule has 0 atom stereocenters. The zero-order chi connectivity index (χ0) is 12.8. The molecule has 94 valence electrons. The first-order chi connectivity index (χ1) is 8.02. The summed E-state index contributed by atoms with van der Waals surface area (Å²) in [5.74, 6) is 0.869. The van der Waals surface area contributed by atoms with Gasteiger partial charge in [0, 0.05) is 6.92 Å². The number of hydrogen-bond acceptors (Lipinski definition) is 2. The Kier molecular flexibility index (Phi) is 5.20. The lowest BCUT2D eigenvalue weighted by Gasteiger charge is -2.11. The highest BCUT2D eigenvalue weighted by atomic mass is 16.5. The van der Waals surface area contributed by atoms with Crippen LogP contribution >= 0.6 is 0 Å². The monoisotopic (exact) mass is 234 g/mol. The van der Waals surface area contributed by atoms with E-state index in [2.05, 4.69) is 26.8 Å². The zero-order valence-corrected chi connectivity index (χ0v) is 11.2.